The lowest BCUT2D eigenvalue weighted by Crippen LogP contribution is -2.25. The van der Waals surface area contributed by atoms with Crippen molar-refractivity contribution in [3.05, 3.63) is 35.7 Å². The molecule has 0 amide bonds. The Labute approximate surface area is 137 Å². The highest BCUT2D eigenvalue weighted by Crippen LogP contribution is 2.33. The van der Waals surface area contributed by atoms with Crippen LogP contribution in [0, 0.1) is 0 Å². The summed E-state index contributed by atoms with van der Waals surface area (Å²) in [4.78, 5) is 6.97. The first-order valence-electron chi connectivity index (χ1n) is 8.38. The lowest BCUT2D eigenvalue weighted by atomic mass is 10.1. The van der Waals surface area contributed by atoms with Crippen LogP contribution in [0.5, 0.6) is 0 Å². The summed E-state index contributed by atoms with van der Waals surface area (Å²) in [6.07, 6.45) is 6.20. The molecule has 0 N–H and O–H groups in total. The third-order valence-corrected chi connectivity index (χ3v) is 4.50. The van der Waals surface area contributed by atoms with E-state index in [0.717, 1.165) is 43.3 Å². The van der Waals surface area contributed by atoms with Gasteiger partial charge in [-0.15, -0.1) is 0 Å². The van der Waals surface area contributed by atoms with Gasteiger partial charge in [-0.25, -0.2) is 4.98 Å². The number of aromatic nitrogens is 3. The van der Waals surface area contributed by atoms with Crippen molar-refractivity contribution in [3.63, 3.8) is 0 Å². The fourth-order valence-corrected chi connectivity index (χ4v) is 3.15. The number of hydrogen-bond acceptors (Lipinski definition) is 5. The fourth-order valence-electron chi connectivity index (χ4n) is 3.15. The van der Waals surface area contributed by atoms with Gasteiger partial charge >= 0.3 is 0 Å². The van der Waals surface area contributed by atoms with Crippen LogP contribution in [0.15, 0.2) is 23.0 Å². The Morgan fingerprint density at radius 1 is 1.43 bits per heavy atom. The SMILES string of the molecule is COCCn1ccnc1CN1CCCC1c1cc(C(C)C)on1. The lowest BCUT2D eigenvalue weighted by molar-refractivity contribution is 0.182. The van der Waals surface area contributed by atoms with E-state index in [-0.39, 0.29) is 0 Å². The predicted octanol–water partition coefficient (Wildman–Crippen LogP) is 2.98. The highest BCUT2D eigenvalue weighted by Gasteiger charge is 2.29. The van der Waals surface area contributed by atoms with Gasteiger partial charge < -0.3 is 13.8 Å². The highest BCUT2D eigenvalue weighted by atomic mass is 16.5. The third kappa shape index (κ3) is 3.64. The standard InChI is InChI=1S/C17H26N4O2/c1-13(2)16-11-14(19-23-16)15-5-4-7-21(15)12-17-18-6-8-20(17)9-10-22-3/h6,8,11,13,15H,4-5,7,9-10,12H2,1-3H3. The van der Waals surface area contributed by atoms with Crippen LogP contribution in [0.2, 0.25) is 0 Å². The van der Waals surface area contributed by atoms with Crippen LogP contribution in [0.3, 0.4) is 0 Å². The second-order valence-corrected chi connectivity index (χ2v) is 6.47. The van der Waals surface area contributed by atoms with E-state index in [1.54, 1.807) is 7.11 Å². The number of nitrogens with zero attached hydrogens (tertiary/aromatic N) is 4. The van der Waals surface area contributed by atoms with Crippen molar-refractivity contribution in [1.82, 2.24) is 19.6 Å². The van der Waals surface area contributed by atoms with Crippen LogP contribution >= 0.6 is 0 Å². The van der Waals surface area contributed by atoms with Gasteiger partial charge in [-0.3, -0.25) is 4.90 Å². The monoisotopic (exact) mass is 318 g/mol. The van der Waals surface area contributed by atoms with E-state index < -0.39 is 0 Å². The van der Waals surface area contributed by atoms with Crippen LogP contribution in [-0.4, -0.2) is 39.9 Å². The first-order valence-corrected chi connectivity index (χ1v) is 8.38. The molecular weight excluding hydrogens is 292 g/mol. The minimum Gasteiger partial charge on any atom is -0.383 e. The van der Waals surface area contributed by atoms with Crippen molar-refractivity contribution in [3.8, 4) is 0 Å². The maximum Gasteiger partial charge on any atom is 0.139 e. The summed E-state index contributed by atoms with van der Waals surface area (Å²) in [7, 11) is 1.73. The van der Waals surface area contributed by atoms with Crippen molar-refractivity contribution >= 4 is 0 Å². The van der Waals surface area contributed by atoms with E-state index >= 15 is 0 Å². The molecule has 1 fully saturated rings. The Morgan fingerprint density at radius 2 is 2.30 bits per heavy atom. The molecule has 3 heterocycles. The van der Waals surface area contributed by atoms with E-state index in [2.05, 4.69) is 39.5 Å². The summed E-state index contributed by atoms with van der Waals surface area (Å²) in [6.45, 7) is 7.71. The zero-order chi connectivity index (χ0) is 16.2. The van der Waals surface area contributed by atoms with Crippen molar-refractivity contribution in [2.75, 3.05) is 20.3 Å². The molecule has 1 aliphatic heterocycles. The second-order valence-electron chi connectivity index (χ2n) is 6.47. The van der Waals surface area contributed by atoms with Crippen molar-refractivity contribution in [2.24, 2.45) is 0 Å². The van der Waals surface area contributed by atoms with Crippen LogP contribution in [0.4, 0.5) is 0 Å². The summed E-state index contributed by atoms with van der Waals surface area (Å²) in [6, 6.07) is 2.45. The van der Waals surface area contributed by atoms with Crippen molar-refractivity contribution < 1.29 is 9.26 Å². The Hall–Kier alpha value is -1.66. The summed E-state index contributed by atoms with van der Waals surface area (Å²) < 4.78 is 12.8. The minimum absolute atomic E-state index is 0.332. The molecule has 1 aliphatic rings. The number of likely N-dealkylation sites (tertiary alicyclic amines) is 1. The molecule has 2 aromatic rings. The Morgan fingerprint density at radius 3 is 3.04 bits per heavy atom. The number of rotatable bonds is 7. The fraction of sp³-hybridized carbons (Fsp3) is 0.647. The molecule has 0 spiro atoms. The largest absolute Gasteiger partial charge is 0.383 e. The summed E-state index contributed by atoms with van der Waals surface area (Å²) in [5, 5.41) is 4.31. The topological polar surface area (TPSA) is 56.3 Å². The van der Waals surface area contributed by atoms with Gasteiger partial charge in [-0.2, -0.15) is 0 Å². The summed E-state index contributed by atoms with van der Waals surface area (Å²) >= 11 is 0. The molecule has 0 radical (unpaired) electrons. The highest BCUT2D eigenvalue weighted by molar-refractivity contribution is 5.14. The summed E-state index contributed by atoms with van der Waals surface area (Å²) in [5.41, 5.74) is 1.06. The zero-order valence-corrected chi connectivity index (χ0v) is 14.2. The number of hydrogen-bond donors (Lipinski definition) is 0. The quantitative estimate of drug-likeness (QED) is 0.785. The number of ether oxygens (including phenoxy) is 1. The predicted molar refractivity (Wildman–Crippen MR) is 87.1 cm³/mol. The molecule has 0 aromatic carbocycles. The van der Waals surface area contributed by atoms with Gasteiger partial charge in [0.25, 0.3) is 0 Å². The van der Waals surface area contributed by atoms with Gasteiger partial charge in [0.1, 0.15) is 17.3 Å². The molecule has 3 rings (SSSR count). The molecular formula is C17H26N4O2. The molecule has 0 bridgehead atoms. The Kier molecular flexibility index (Phi) is 5.13. The first kappa shape index (κ1) is 16.2. The Balaban J connectivity index is 1.70. The second kappa shape index (κ2) is 7.27. The van der Waals surface area contributed by atoms with Gasteiger partial charge in [0, 0.05) is 38.0 Å². The molecule has 0 saturated carbocycles. The lowest BCUT2D eigenvalue weighted by Gasteiger charge is -2.22. The van der Waals surface area contributed by atoms with E-state index in [0.29, 0.717) is 18.6 Å². The molecule has 1 saturated heterocycles. The Bertz CT molecular complexity index is 620. The zero-order valence-electron chi connectivity index (χ0n) is 14.2. The molecule has 0 aliphatic carbocycles. The minimum atomic E-state index is 0.332. The average Bonchev–Trinajstić information content (AvgIpc) is 3.26. The molecule has 2 aromatic heterocycles. The molecule has 6 heteroatoms. The van der Waals surface area contributed by atoms with Gasteiger partial charge in [0.05, 0.1) is 19.2 Å². The maximum atomic E-state index is 5.48. The van der Waals surface area contributed by atoms with Crippen LogP contribution in [0.1, 0.15) is 55.9 Å². The van der Waals surface area contributed by atoms with Gasteiger partial charge in [0.15, 0.2) is 0 Å². The third-order valence-electron chi connectivity index (χ3n) is 4.50. The van der Waals surface area contributed by atoms with Crippen LogP contribution < -0.4 is 0 Å². The van der Waals surface area contributed by atoms with E-state index in [9.17, 15) is 0 Å². The average molecular weight is 318 g/mol. The normalized spacial score (nSPS) is 19.0. The smallest absolute Gasteiger partial charge is 0.139 e. The van der Waals surface area contributed by atoms with E-state index in [1.807, 2.05) is 12.4 Å². The molecule has 1 atom stereocenters. The molecule has 6 nitrogen and oxygen atoms in total. The van der Waals surface area contributed by atoms with Gasteiger partial charge in [-0.1, -0.05) is 19.0 Å². The van der Waals surface area contributed by atoms with Gasteiger partial charge in [0.2, 0.25) is 0 Å². The van der Waals surface area contributed by atoms with E-state index in [4.69, 9.17) is 9.26 Å². The molecule has 126 valence electrons. The first-order chi connectivity index (χ1) is 11.2. The van der Waals surface area contributed by atoms with Crippen LogP contribution in [0.25, 0.3) is 0 Å². The number of methoxy groups -OCH3 is 1. The van der Waals surface area contributed by atoms with Crippen LogP contribution in [-0.2, 0) is 17.8 Å². The molecule has 1 unspecified atom stereocenters. The van der Waals surface area contributed by atoms with Crippen molar-refractivity contribution in [1.29, 1.82) is 0 Å². The van der Waals surface area contributed by atoms with E-state index in [1.165, 1.54) is 6.42 Å². The van der Waals surface area contributed by atoms with Gasteiger partial charge in [-0.05, 0) is 19.4 Å². The van der Waals surface area contributed by atoms with Crippen molar-refractivity contribution in [2.45, 2.75) is 51.7 Å². The maximum absolute atomic E-state index is 5.48. The number of imidazole rings is 1. The summed E-state index contributed by atoms with van der Waals surface area (Å²) in [5.74, 6) is 2.43. The molecule has 23 heavy (non-hydrogen) atoms.